The van der Waals surface area contributed by atoms with E-state index < -0.39 is 0 Å². The van der Waals surface area contributed by atoms with Gasteiger partial charge >= 0.3 is 0 Å². The SMILES string of the molecule is CC1CC=C(c2ccccc2)Oc2ccc3oc4ccc(-c5ccc(N(c6ccc(-c7ccccc7)cc6)c6ccc(-c7ccccc7)c(-c7ccccc7)c6)cc5)cc4c3c21. The molecule has 0 radical (unpaired) electrons. The molecule has 0 amide bonds. The number of hydrogen-bond acceptors (Lipinski definition) is 3. The number of rotatable bonds is 8. The molecule has 0 saturated heterocycles. The minimum Gasteiger partial charge on any atom is -0.457 e. The van der Waals surface area contributed by atoms with Gasteiger partial charge in [-0.15, -0.1) is 0 Å². The quantitative estimate of drug-likeness (QED) is 0.153. The summed E-state index contributed by atoms with van der Waals surface area (Å²) in [6.45, 7) is 2.28. The summed E-state index contributed by atoms with van der Waals surface area (Å²) in [5.41, 5.74) is 16.7. The fourth-order valence-corrected chi connectivity index (χ4v) is 9.06. The molecule has 0 fully saturated rings. The van der Waals surface area contributed by atoms with E-state index in [4.69, 9.17) is 9.15 Å². The Hall–Kier alpha value is -7.88. The molecule has 1 unspecified atom stereocenters. The van der Waals surface area contributed by atoms with Gasteiger partial charge in [0.2, 0.25) is 0 Å². The number of anilines is 3. The topological polar surface area (TPSA) is 25.6 Å². The molecule has 1 aliphatic heterocycles. The molecule has 10 aromatic rings. The molecule has 62 heavy (non-hydrogen) atoms. The summed E-state index contributed by atoms with van der Waals surface area (Å²) in [4.78, 5) is 2.36. The monoisotopic (exact) mass is 797 g/mol. The summed E-state index contributed by atoms with van der Waals surface area (Å²) in [6, 6.07) is 77.7. The van der Waals surface area contributed by atoms with Crippen molar-refractivity contribution in [1.29, 1.82) is 0 Å². The molecule has 0 saturated carbocycles. The number of nitrogens with zero attached hydrogens (tertiary/aromatic N) is 1. The van der Waals surface area contributed by atoms with Gasteiger partial charge in [-0.25, -0.2) is 0 Å². The third kappa shape index (κ3) is 6.94. The molecular formula is C59H43NO2. The van der Waals surface area contributed by atoms with E-state index in [9.17, 15) is 0 Å². The van der Waals surface area contributed by atoms with Crippen LogP contribution in [0.1, 0.15) is 30.4 Å². The lowest BCUT2D eigenvalue weighted by Gasteiger charge is -2.27. The van der Waals surface area contributed by atoms with E-state index in [1.54, 1.807) is 0 Å². The van der Waals surface area contributed by atoms with E-state index >= 15 is 0 Å². The van der Waals surface area contributed by atoms with Gasteiger partial charge < -0.3 is 14.1 Å². The average molecular weight is 798 g/mol. The normalized spacial score (nSPS) is 13.6. The Morgan fingerprint density at radius 3 is 1.55 bits per heavy atom. The lowest BCUT2D eigenvalue weighted by atomic mass is 9.92. The zero-order chi connectivity index (χ0) is 41.4. The highest BCUT2D eigenvalue weighted by Gasteiger charge is 2.24. The third-order valence-electron chi connectivity index (χ3n) is 12.2. The lowest BCUT2D eigenvalue weighted by Crippen LogP contribution is -2.10. The minimum absolute atomic E-state index is 0.246. The van der Waals surface area contributed by atoms with Gasteiger partial charge in [-0.1, -0.05) is 165 Å². The fourth-order valence-electron chi connectivity index (χ4n) is 9.06. The van der Waals surface area contributed by atoms with E-state index in [1.165, 1.54) is 38.9 Å². The molecular weight excluding hydrogens is 755 g/mol. The standard InChI is InChI=1S/C59H43NO2/c1-40-22-34-54(46-20-12-5-13-21-46)61-56-36-37-57-59(58(40)56)53-38-47(27-35-55(53)62-57)43-25-30-49(31-26-43)60(48-28-23-42(24-29-48)41-14-6-2-7-15-41)50-32-33-51(44-16-8-3-9-17-44)52(39-50)45-18-10-4-11-19-45/h2-21,23-40H,22H2,1H3. The van der Waals surface area contributed by atoms with E-state index in [0.29, 0.717) is 0 Å². The summed E-state index contributed by atoms with van der Waals surface area (Å²) in [5, 5.41) is 2.23. The highest BCUT2D eigenvalue weighted by molar-refractivity contribution is 6.09. The summed E-state index contributed by atoms with van der Waals surface area (Å²) < 4.78 is 13.2. The van der Waals surface area contributed by atoms with Gasteiger partial charge in [0.1, 0.15) is 22.7 Å². The Morgan fingerprint density at radius 2 is 0.919 bits per heavy atom. The second-order valence-corrected chi connectivity index (χ2v) is 16.1. The van der Waals surface area contributed by atoms with E-state index in [2.05, 4.69) is 230 Å². The van der Waals surface area contributed by atoms with Crippen molar-refractivity contribution >= 4 is 44.8 Å². The number of benzene rings is 9. The summed E-state index contributed by atoms with van der Waals surface area (Å²) in [5.74, 6) is 2.03. The van der Waals surface area contributed by atoms with E-state index in [-0.39, 0.29) is 5.92 Å². The van der Waals surface area contributed by atoms with Gasteiger partial charge in [0.15, 0.2) is 0 Å². The Kier molecular flexibility index (Phi) is 9.55. The third-order valence-corrected chi connectivity index (χ3v) is 12.2. The molecule has 3 heteroatoms. The van der Waals surface area contributed by atoms with Gasteiger partial charge in [-0.2, -0.15) is 0 Å². The van der Waals surface area contributed by atoms with Gasteiger partial charge in [-0.05, 0) is 124 Å². The highest BCUT2D eigenvalue weighted by Crippen LogP contribution is 2.46. The van der Waals surface area contributed by atoms with Crippen molar-refractivity contribution in [1.82, 2.24) is 0 Å². The highest BCUT2D eigenvalue weighted by atomic mass is 16.5. The van der Waals surface area contributed by atoms with Crippen molar-refractivity contribution in [3.8, 4) is 50.3 Å². The second-order valence-electron chi connectivity index (χ2n) is 16.1. The van der Waals surface area contributed by atoms with Gasteiger partial charge in [-0.3, -0.25) is 0 Å². The van der Waals surface area contributed by atoms with Crippen LogP contribution in [-0.4, -0.2) is 0 Å². The van der Waals surface area contributed by atoms with Crippen molar-refractivity contribution < 1.29 is 9.15 Å². The minimum atomic E-state index is 0.246. The molecule has 1 aliphatic rings. The van der Waals surface area contributed by atoms with Crippen molar-refractivity contribution in [2.24, 2.45) is 0 Å². The first-order valence-electron chi connectivity index (χ1n) is 21.4. The predicted molar refractivity (Wildman–Crippen MR) is 258 cm³/mol. The molecule has 11 rings (SSSR count). The number of fused-ring (bicyclic) bond motifs is 5. The number of furan rings is 1. The van der Waals surface area contributed by atoms with Crippen LogP contribution in [0.25, 0.3) is 72.2 Å². The van der Waals surface area contributed by atoms with Crippen LogP contribution < -0.4 is 9.64 Å². The van der Waals surface area contributed by atoms with Crippen LogP contribution in [0, 0.1) is 0 Å². The van der Waals surface area contributed by atoms with Crippen LogP contribution in [0.2, 0.25) is 0 Å². The number of hydrogen-bond donors (Lipinski definition) is 0. The largest absolute Gasteiger partial charge is 0.457 e. The predicted octanol–water partition coefficient (Wildman–Crippen LogP) is 16.7. The Labute approximate surface area is 362 Å². The van der Waals surface area contributed by atoms with Gasteiger partial charge in [0, 0.05) is 39.0 Å². The van der Waals surface area contributed by atoms with Crippen molar-refractivity contribution in [2.45, 2.75) is 19.3 Å². The molecule has 1 aromatic heterocycles. The maximum Gasteiger partial charge on any atom is 0.135 e. The fraction of sp³-hybridized carbons (Fsp3) is 0.0508. The van der Waals surface area contributed by atoms with Gasteiger partial charge in [0.25, 0.3) is 0 Å². The zero-order valence-electron chi connectivity index (χ0n) is 34.4. The summed E-state index contributed by atoms with van der Waals surface area (Å²) >= 11 is 0. The smallest absolute Gasteiger partial charge is 0.135 e. The maximum absolute atomic E-state index is 6.67. The van der Waals surface area contributed by atoms with E-state index in [0.717, 1.165) is 73.6 Å². The summed E-state index contributed by atoms with van der Waals surface area (Å²) in [6.07, 6.45) is 3.10. The van der Waals surface area contributed by atoms with Crippen molar-refractivity contribution in [2.75, 3.05) is 4.90 Å². The number of ether oxygens (including phenoxy) is 1. The summed E-state index contributed by atoms with van der Waals surface area (Å²) in [7, 11) is 0. The molecule has 0 spiro atoms. The van der Waals surface area contributed by atoms with Crippen LogP contribution in [0.4, 0.5) is 17.1 Å². The van der Waals surface area contributed by atoms with Crippen LogP contribution in [0.15, 0.2) is 229 Å². The Balaban J connectivity index is 0.996. The Bertz CT molecular complexity index is 3210. The molecule has 296 valence electrons. The molecule has 1 atom stereocenters. The van der Waals surface area contributed by atoms with Gasteiger partial charge in [0.05, 0.1) is 0 Å². The second kappa shape index (κ2) is 15.9. The van der Waals surface area contributed by atoms with Crippen LogP contribution >= 0.6 is 0 Å². The first-order valence-corrected chi connectivity index (χ1v) is 21.4. The molecule has 0 aliphatic carbocycles. The molecule has 3 nitrogen and oxygen atoms in total. The zero-order valence-corrected chi connectivity index (χ0v) is 34.4. The Morgan fingerprint density at radius 1 is 0.419 bits per heavy atom. The molecule has 9 aromatic carbocycles. The van der Waals surface area contributed by atoms with Crippen LogP contribution in [-0.2, 0) is 0 Å². The number of allylic oxidation sites excluding steroid dienone is 1. The van der Waals surface area contributed by atoms with Crippen molar-refractivity contribution in [3.05, 3.63) is 236 Å². The maximum atomic E-state index is 6.67. The van der Waals surface area contributed by atoms with Crippen LogP contribution in [0.3, 0.4) is 0 Å². The van der Waals surface area contributed by atoms with Crippen molar-refractivity contribution in [3.63, 3.8) is 0 Å². The molecule has 0 N–H and O–H groups in total. The molecule has 0 bridgehead atoms. The average Bonchev–Trinajstić information content (AvgIpc) is 3.63. The first kappa shape index (κ1) is 37.1. The first-order chi connectivity index (χ1) is 30.6. The van der Waals surface area contributed by atoms with Crippen LogP contribution in [0.5, 0.6) is 5.75 Å². The van der Waals surface area contributed by atoms with E-state index in [1.807, 2.05) is 6.07 Å². The lowest BCUT2D eigenvalue weighted by molar-refractivity contribution is 0.511. The molecule has 2 heterocycles.